The molecule has 0 atom stereocenters. The molecule has 2 heterocycles. The number of aliphatic hydroxyl groups is 1. The molecule has 1 amide bonds. The number of rotatable bonds is 4. The topological polar surface area (TPSA) is 65.5 Å². The quantitative estimate of drug-likeness (QED) is 0.893. The Hall–Kier alpha value is -2.11. The summed E-state index contributed by atoms with van der Waals surface area (Å²) in [5, 5.41) is 12.6. The number of nitrogens with one attached hydrogen (secondary N) is 1. The number of hydrogen-bond acceptors (Lipinski definition) is 4. The van der Waals surface area contributed by atoms with Gasteiger partial charge in [0.2, 0.25) is 0 Å². The maximum atomic E-state index is 12.3. The maximum absolute atomic E-state index is 12.3. The third kappa shape index (κ3) is 4.04. The predicted octanol–water partition coefficient (Wildman–Crippen LogP) is 3.20. The van der Waals surface area contributed by atoms with Crippen LogP contribution < -0.4 is 10.2 Å². The molecule has 5 nitrogen and oxygen atoms in total. The summed E-state index contributed by atoms with van der Waals surface area (Å²) in [6.07, 6.45) is 3.53. The lowest BCUT2D eigenvalue weighted by Gasteiger charge is -2.31. The van der Waals surface area contributed by atoms with E-state index >= 15 is 0 Å². The van der Waals surface area contributed by atoms with Crippen molar-refractivity contribution < 1.29 is 9.90 Å². The lowest BCUT2D eigenvalue weighted by atomic mass is 9.98. The molecule has 0 saturated carbocycles. The SMILES string of the molecule is O=C(Nc1cccc(Cl)c1)c1ccc(N2CCC(CO)CC2)nc1. The van der Waals surface area contributed by atoms with Crippen LogP contribution >= 0.6 is 11.6 Å². The maximum Gasteiger partial charge on any atom is 0.257 e. The highest BCUT2D eigenvalue weighted by Crippen LogP contribution is 2.22. The van der Waals surface area contributed by atoms with Crippen LogP contribution in [0.25, 0.3) is 0 Å². The first kappa shape index (κ1) is 16.7. The zero-order valence-corrected chi connectivity index (χ0v) is 14.0. The largest absolute Gasteiger partial charge is 0.396 e. The van der Waals surface area contributed by atoms with Crippen molar-refractivity contribution in [2.24, 2.45) is 5.92 Å². The summed E-state index contributed by atoms with van der Waals surface area (Å²) in [6, 6.07) is 10.7. The van der Waals surface area contributed by atoms with Gasteiger partial charge in [0.25, 0.3) is 5.91 Å². The van der Waals surface area contributed by atoms with Crippen molar-refractivity contribution in [3.05, 3.63) is 53.2 Å². The standard InChI is InChI=1S/C18H20ClN3O2/c19-15-2-1-3-16(10-15)21-18(24)14-4-5-17(20-11-14)22-8-6-13(12-23)7-9-22/h1-5,10-11,13,23H,6-9,12H2,(H,21,24). The second-order valence-corrected chi connectivity index (χ2v) is 6.42. The molecule has 0 spiro atoms. The molecule has 3 rings (SSSR count). The highest BCUT2D eigenvalue weighted by atomic mass is 35.5. The van der Waals surface area contributed by atoms with Crippen LogP contribution in [-0.4, -0.2) is 35.7 Å². The number of carbonyl (C=O) groups is 1. The van der Waals surface area contributed by atoms with Gasteiger partial charge in [0.15, 0.2) is 0 Å². The van der Waals surface area contributed by atoms with Gasteiger partial charge in [-0.1, -0.05) is 17.7 Å². The molecule has 1 aliphatic heterocycles. The van der Waals surface area contributed by atoms with Crippen LogP contribution in [0.2, 0.25) is 5.02 Å². The van der Waals surface area contributed by atoms with E-state index < -0.39 is 0 Å². The number of anilines is 2. The summed E-state index contributed by atoms with van der Waals surface area (Å²) in [4.78, 5) is 18.9. The van der Waals surface area contributed by atoms with Crippen molar-refractivity contribution in [1.29, 1.82) is 0 Å². The molecular weight excluding hydrogens is 326 g/mol. The van der Waals surface area contributed by atoms with Gasteiger partial charge in [0.05, 0.1) is 5.56 Å². The first-order valence-electron chi connectivity index (χ1n) is 8.04. The van der Waals surface area contributed by atoms with Gasteiger partial charge in [0, 0.05) is 36.6 Å². The molecule has 1 aromatic heterocycles. The lowest BCUT2D eigenvalue weighted by molar-refractivity contribution is 0.102. The Kier molecular flexibility index (Phi) is 5.33. The van der Waals surface area contributed by atoms with E-state index in [-0.39, 0.29) is 12.5 Å². The molecule has 0 unspecified atom stereocenters. The summed E-state index contributed by atoms with van der Waals surface area (Å²) < 4.78 is 0. The molecule has 24 heavy (non-hydrogen) atoms. The lowest BCUT2D eigenvalue weighted by Crippen LogP contribution is -2.35. The summed E-state index contributed by atoms with van der Waals surface area (Å²) in [7, 11) is 0. The Morgan fingerprint density at radius 3 is 2.71 bits per heavy atom. The first-order chi connectivity index (χ1) is 11.7. The average Bonchev–Trinajstić information content (AvgIpc) is 2.62. The van der Waals surface area contributed by atoms with Gasteiger partial charge < -0.3 is 15.3 Å². The molecule has 0 bridgehead atoms. The zero-order chi connectivity index (χ0) is 16.9. The molecule has 1 aliphatic rings. The zero-order valence-electron chi connectivity index (χ0n) is 13.3. The molecular formula is C18H20ClN3O2. The number of halogens is 1. The van der Waals surface area contributed by atoms with Crippen LogP contribution in [0.15, 0.2) is 42.6 Å². The Balaban J connectivity index is 1.63. The van der Waals surface area contributed by atoms with Crippen LogP contribution in [-0.2, 0) is 0 Å². The van der Waals surface area contributed by atoms with Crippen molar-refractivity contribution in [2.75, 3.05) is 29.9 Å². The average molecular weight is 346 g/mol. The van der Waals surface area contributed by atoms with Gasteiger partial charge in [-0.3, -0.25) is 4.79 Å². The number of aromatic nitrogens is 1. The van der Waals surface area contributed by atoms with Gasteiger partial charge in [-0.2, -0.15) is 0 Å². The number of carbonyl (C=O) groups excluding carboxylic acids is 1. The molecule has 1 saturated heterocycles. The normalized spacial score (nSPS) is 15.3. The highest BCUT2D eigenvalue weighted by molar-refractivity contribution is 6.30. The minimum atomic E-state index is -0.213. The highest BCUT2D eigenvalue weighted by Gasteiger charge is 2.19. The number of pyridine rings is 1. The number of benzene rings is 1. The Morgan fingerprint density at radius 1 is 1.29 bits per heavy atom. The van der Waals surface area contributed by atoms with E-state index in [2.05, 4.69) is 15.2 Å². The van der Waals surface area contributed by atoms with Gasteiger partial charge >= 0.3 is 0 Å². The number of aliphatic hydroxyl groups excluding tert-OH is 1. The van der Waals surface area contributed by atoms with Gasteiger partial charge in [-0.15, -0.1) is 0 Å². The fourth-order valence-corrected chi connectivity index (χ4v) is 3.01. The van der Waals surface area contributed by atoms with Crippen LogP contribution in [0.3, 0.4) is 0 Å². The van der Waals surface area contributed by atoms with Crippen LogP contribution in [0.1, 0.15) is 23.2 Å². The van der Waals surface area contributed by atoms with Crippen molar-refractivity contribution >= 4 is 29.0 Å². The summed E-state index contributed by atoms with van der Waals surface area (Å²) in [5.41, 5.74) is 1.16. The smallest absolute Gasteiger partial charge is 0.257 e. The fraction of sp³-hybridized carbons (Fsp3) is 0.333. The van der Waals surface area contributed by atoms with Gasteiger partial charge in [-0.05, 0) is 49.1 Å². The van der Waals surface area contributed by atoms with Crippen molar-refractivity contribution in [3.8, 4) is 0 Å². The van der Waals surface area contributed by atoms with E-state index in [1.54, 1.807) is 36.5 Å². The van der Waals surface area contributed by atoms with E-state index in [4.69, 9.17) is 11.6 Å². The number of nitrogens with zero attached hydrogens (tertiary/aromatic N) is 2. The van der Waals surface area contributed by atoms with E-state index in [0.29, 0.717) is 22.2 Å². The summed E-state index contributed by atoms with van der Waals surface area (Å²) >= 11 is 5.92. The third-order valence-corrected chi connectivity index (χ3v) is 4.52. The Bertz CT molecular complexity index is 698. The molecule has 0 radical (unpaired) electrons. The summed E-state index contributed by atoms with van der Waals surface area (Å²) in [6.45, 7) is 2.02. The van der Waals surface area contributed by atoms with E-state index in [1.165, 1.54) is 0 Å². The first-order valence-corrected chi connectivity index (χ1v) is 8.42. The van der Waals surface area contributed by atoms with Gasteiger partial charge in [-0.25, -0.2) is 4.98 Å². The van der Waals surface area contributed by atoms with Crippen LogP contribution in [0.5, 0.6) is 0 Å². The molecule has 0 aliphatic carbocycles. The minimum Gasteiger partial charge on any atom is -0.396 e. The van der Waals surface area contributed by atoms with Crippen LogP contribution in [0.4, 0.5) is 11.5 Å². The van der Waals surface area contributed by atoms with Crippen molar-refractivity contribution in [3.63, 3.8) is 0 Å². The Labute approximate surface area is 146 Å². The second kappa shape index (κ2) is 7.64. The number of amides is 1. The number of piperidine rings is 1. The fourth-order valence-electron chi connectivity index (χ4n) is 2.82. The monoisotopic (exact) mass is 345 g/mol. The minimum absolute atomic E-state index is 0.213. The number of hydrogen-bond donors (Lipinski definition) is 2. The summed E-state index contributed by atoms with van der Waals surface area (Å²) in [5.74, 6) is 1.05. The van der Waals surface area contributed by atoms with E-state index in [0.717, 1.165) is 31.7 Å². The van der Waals surface area contributed by atoms with E-state index in [9.17, 15) is 9.90 Å². The van der Waals surface area contributed by atoms with Gasteiger partial charge in [0.1, 0.15) is 5.82 Å². The van der Waals surface area contributed by atoms with Crippen molar-refractivity contribution in [1.82, 2.24) is 4.98 Å². The van der Waals surface area contributed by atoms with Crippen molar-refractivity contribution in [2.45, 2.75) is 12.8 Å². The molecule has 126 valence electrons. The molecule has 1 aromatic carbocycles. The predicted molar refractivity (Wildman–Crippen MR) is 95.7 cm³/mol. The van der Waals surface area contributed by atoms with E-state index in [1.807, 2.05) is 6.07 Å². The molecule has 6 heteroatoms. The molecule has 2 aromatic rings. The second-order valence-electron chi connectivity index (χ2n) is 5.98. The molecule has 1 fully saturated rings. The van der Waals surface area contributed by atoms with Crippen LogP contribution in [0, 0.1) is 5.92 Å². The third-order valence-electron chi connectivity index (χ3n) is 4.29. The Morgan fingerprint density at radius 2 is 2.08 bits per heavy atom. The molecule has 2 N–H and O–H groups in total.